The topological polar surface area (TPSA) is 71.0 Å². The Morgan fingerprint density at radius 3 is 2.58 bits per heavy atom. The molecule has 2 N–H and O–H groups in total. The maximum atomic E-state index is 11.3. The van der Waals surface area contributed by atoms with Crippen LogP contribution >= 0.6 is 23.2 Å². The molecule has 1 heterocycles. The predicted octanol–water partition coefficient (Wildman–Crippen LogP) is 4.62. The van der Waals surface area contributed by atoms with Crippen molar-refractivity contribution >= 4 is 34.8 Å². The van der Waals surface area contributed by atoms with E-state index in [-0.39, 0.29) is 24.7 Å². The number of likely N-dealkylation sites (tertiary alicyclic amines) is 1. The van der Waals surface area contributed by atoms with Crippen molar-refractivity contribution in [1.82, 2.24) is 4.90 Å². The highest BCUT2D eigenvalue weighted by atomic mass is 35.5. The van der Waals surface area contributed by atoms with Gasteiger partial charge in [-0.25, -0.2) is 0 Å². The summed E-state index contributed by atoms with van der Waals surface area (Å²) >= 11 is 12.0. The van der Waals surface area contributed by atoms with E-state index in [1.165, 1.54) is 6.92 Å². The van der Waals surface area contributed by atoms with Crippen molar-refractivity contribution in [3.05, 3.63) is 52.5 Å². The number of para-hydroxylation sites is 2. The molecule has 0 spiro atoms. The average molecular weight is 467 g/mol. The number of rotatable bonds is 8. The number of aliphatic hydroxyl groups excluding tert-OH is 1. The van der Waals surface area contributed by atoms with Crippen LogP contribution in [0, 0.1) is 0 Å². The molecule has 2 atom stereocenters. The summed E-state index contributed by atoms with van der Waals surface area (Å²) in [5.41, 5.74) is 0.593. The van der Waals surface area contributed by atoms with Crippen LogP contribution in [0.4, 0.5) is 5.69 Å². The first kappa shape index (κ1) is 23.7. The number of aliphatic hydroxyl groups is 1. The number of carbonyl (C=O) groups excluding carboxylic acids is 1. The van der Waals surface area contributed by atoms with Crippen molar-refractivity contribution < 1.29 is 19.4 Å². The normalized spacial score (nSPS) is 17.1. The van der Waals surface area contributed by atoms with Gasteiger partial charge in [-0.1, -0.05) is 35.3 Å². The zero-order valence-corrected chi connectivity index (χ0v) is 19.2. The highest BCUT2D eigenvalue weighted by Gasteiger charge is 2.28. The Labute approximate surface area is 193 Å². The van der Waals surface area contributed by atoms with E-state index in [4.69, 9.17) is 32.7 Å². The lowest BCUT2D eigenvalue weighted by atomic mass is 10.0. The summed E-state index contributed by atoms with van der Waals surface area (Å²) in [6, 6.07) is 12.4. The maximum Gasteiger partial charge on any atom is 0.221 e. The molecule has 0 bridgehead atoms. The van der Waals surface area contributed by atoms with E-state index in [0.717, 1.165) is 25.9 Å². The molecule has 1 saturated heterocycles. The van der Waals surface area contributed by atoms with Gasteiger partial charge in [-0.3, -0.25) is 9.69 Å². The smallest absolute Gasteiger partial charge is 0.221 e. The second-order valence-electron chi connectivity index (χ2n) is 7.73. The van der Waals surface area contributed by atoms with Crippen LogP contribution in [0.3, 0.4) is 0 Å². The van der Waals surface area contributed by atoms with Gasteiger partial charge in [0.25, 0.3) is 0 Å². The fourth-order valence-corrected chi connectivity index (χ4v) is 3.87. The quantitative estimate of drug-likeness (QED) is 0.593. The molecule has 2 unspecified atom stereocenters. The monoisotopic (exact) mass is 466 g/mol. The van der Waals surface area contributed by atoms with E-state index in [2.05, 4.69) is 10.2 Å². The van der Waals surface area contributed by atoms with Crippen molar-refractivity contribution in [1.29, 1.82) is 0 Å². The number of piperidine rings is 1. The molecule has 1 fully saturated rings. The molecule has 1 amide bonds. The maximum absolute atomic E-state index is 11.3. The number of ether oxygens (including phenoxy) is 2. The van der Waals surface area contributed by atoms with Crippen molar-refractivity contribution in [2.45, 2.75) is 44.9 Å². The van der Waals surface area contributed by atoms with Crippen molar-refractivity contribution in [2.75, 3.05) is 25.0 Å². The van der Waals surface area contributed by atoms with Crippen molar-refractivity contribution in [2.24, 2.45) is 0 Å². The van der Waals surface area contributed by atoms with Gasteiger partial charge in [-0.05, 0) is 44.0 Å². The minimum absolute atomic E-state index is 0.0705. The third kappa shape index (κ3) is 6.74. The van der Waals surface area contributed by atoms with Gasteiger partial charge in [0, 0.05) is 32.1 Å². The molecule has 1 aliphatic rings. The van der Waals surface area contributed by atoms with Crippen LogP contribution in [-0.4, -0.2) is 53.9 Å². The van der Waals surface area contributed by atoms with Crippen molar-refractivity contribution in [3.8, 4) is 11.5 Å². The summed E-state index contributed by atoms with van der Waals surface area (Å²) in [4.78, 5) is 13.6. The lowest BCUT2D eigenvalue weighted by Gasteiger charge is -2.37. The molecule has 3 rings (SSSR count). The summed E-state index contributed by atoms with van der Waals surface area (Å²) in [5, 5.41) is 14.4. The number of nitrogens with zero attached hydrogens (tertiary/aromatic N) is 1. The van der Waals surface area contributed by atoms with Crippen LogP contribution < -0.4 is 14.8 Å². The Kier molecular flexibility index (Phi) is 8.43. The van der Waals surface area contributed by atoms with Crippen LogP contribution in [0.5, 0.6) is 11.5 Å². The lowest BCUT2D eigenvalue weighted by molar-refractivity contribution is -0.114. The molecular formula is C23H28Cl2N2O4. The zero-order valence-electron chi connectivity index (χ0n) is 17.7. The largest absolute Gasteiger partial charge is 0.490 e. The number of nitrogens with one attached hydrogen (secondary N) is 1. The fourth-order valence-electron chi connectivity index (χ4n) is 3.59. The highest BCUT2D eigenvalue weighted by Crippen LogP contribution is 2.29. The van der Waals surface area contributed by atoms with Crippen LogP contribution in [0.15, 0.2) is 42.5 Å². The first-order chi connectivity index (χ1) is 14.8. The predicted molar refractivity (Wildman–Crippen MR) is 123 cm³/mol. The summed E-state index contributed by atoms with van der Waals surface area (Å²) < 4.78 is 11.8. The van der Waals surface area contributed by atoms with E-state index in [9.17, 15) is 9.90 Å². The second kappa shape index (κ2) is 11.0. The Morgan fingerprint density at radius 1 is 1.19 bits per heavy atom. The van der Waals surface area contributed by atoms with Gasteiger partial charge < -0.3 is 19.9 Å². The second-order valence-corrected chi connectivity index (χ2v) is 8.54. The van der Waals surface area contributed by atoms with Crippen LogP contribution in [0.1, 0.15) is 26.7 Å². The number of amides is 1. The summed E-state index contributed by atoms with van der Waals surface area (Å²) in [5.74, 6) is 1.08. The third-order valence-electron chi connectivity index (χ3n) is 5.41. The molecule has 0 aromatic heterocycles. The van der Waals surface area contributed by atoms with Crippen LogP contribution in [0.25, 0.3) is 0 Å². The standard InChI is InChI=1S/C23H28Cl2N2O4/c1-15(22(29)14-30-23-6-4-3-5-21(23)26-16(2)28)27-11-9-17(10-12-27)31-18-7-8-19(24)20(25)13-18/h3-8,13,15,17,22,29H,9-12,14H2,1-2H3,(H,26,28). The number of hydrogen-bond acceptors (Lipinski definition) is 5. The summed E-state index contributed by atoms with van der Waals surface area (Å²) in [6.45, 7) is 5.20. The minimum atomic E-state index is -0.669. The summed E-state index contributed by atoms with van der Waals surface area (Å²) in [7, 11) is 0. The van der Waals surface area contributed by atoms with E-state index in [1.807, 2.05) is 25.1 Å². The van der Waals surface area contributed by atoms with E-state index in [0.29, 0.717) is 27.2 Å². The zero-order chi connectivity index (χ0) is 22.4. The first-order valence-corrected chi connectivity index (χ1v) is 11.1. The Hall–Kier alpha value is -1.99. The molecule has 0 radical (unpaired) electrons. The number of benzene rings is 2. The average Bonchev–Trinajstić information content (AvgIpc) is 2.75. The molecule has 2 aromatic carbocycles. The molecule has 1 aliphatic heterocycles. The van der Waals surface area contributed by atoms with Gasteiger partial charge in [0.05, 0.1) is 15.7 Å². The SMILES string of the molecule is CC(=O)Nc1ccccc1OCC(O)C(C)N1CCC(Oc2ccc(Cl)c(Cl)c2)CC1. The lowest BCUT2D eigenvalue weighted by Crippen LogP contribution is -2.49. The first-order valence-electron chi connectivity index (χ1n) is 10.4. The van der Waals surface area contributed by atoms with Gasteiger partial charge >= 0.3 is 0 Å². The van der Waals surface area contributed by atoms with E-state index >= 15 is 0 Å². The van der Waals surface area contributed by atoms with E-state index in [1.54, 1.807) is 24.3 Å². The number of halogens is 2. The fraction of sp³-hybridized carbons (Fsp3) is 0.435. The molecule has 168 valence electrons. The Bertz CT molecular complexity index is 888. The van der Waals surface area contributed by atoms with Gasteiger partial charge in [0.1, 0.15) is 30.3 Å². The molecular weight excluding hydrogens is 439 g/mol. The number of carbonyl (C=O) groups is 1. The van der Waals surface area contributed by atoms with Gasteiger partial charge in [0.2, 0.25) is 5.91 Å². The molecule has 31 heavy (non-hydrogen) atoms. The van der Waals surface area contributed by atoms with Gasteiger partial charge in [-0.2, -0.15) is 0 Å². The molecule has 0 aliphatic carbocycles. The highest BCUT2D eigenvalue weighted by molar-refractivity contribution is 6.42. The molecule has 6 nitrogen and oxygen atoms in total. The van der Waals surface area contributed by atoms with Crippen molar-refractivity contribution in [3.63, 3.8) is 0 Å². The van der Waals surface area contributed by atoms with Gasteiger partial charge in [-0.15, -0.1) is 0 Å². The Balaban J connectivity index is 1.47. The molecule has 8 heteroatoms. The van der Waals surface area contributed by atoms with Gasteiger partial charge in [0.15, 0.2) is 0 Å². The molecule has 0 saturated carbocycles. The summed E-state index contributed by atoms with van der Waals surface area (Å²) in [6.07, 6.45) is 1.13. The van der Waals surface area contributed by atoms with Crippen LogP contribution in [-0.2, 0) is 4.79 Å². The third-order valence-corrected chi connectivity index (χ3v) is 6.15. The minimum Gasteiger partial charge on any atom is -0.490 e. The Morgan fingerprint density at radius 2 is 1.90 bits per heavy atom. The van der Waals surface area contributed by atoms with E-state index < -0.39 is 6.10 Å². The number of anilines is 1. The van der Waals surface area contributed by atoms with Crippen LogP contribution in [0.2, 0.25) is 10.0 Å². The molecule has 2 aromatic rings. The number of hydrogen-bond donors (Lipinski definition) is 2.